The van der Waals surface area contributed by atoms with Crippen LogP contribution >= 0.6 is 27.3 Å². The highest BCUT2D eigenvalue weighted by Crippen LogP contribution is 2.44. The minimum atomic E-state index is 1.13. The molecule has 2 heteroatoms. The van der Waals surface area contributed by atoms with Crippen molar-refractivity contribution in [3.05, 3.63) is 95.5 Å². The van der Waals surface area contributed by atoms with Crippen molar-refractivity contribution in [2.45, 2.75) is 0 Å². The Morgan fingerprint density at radius 1 is 0.583 bits per heavy atom. The van der Waals surface area contributed by atoms with Gasteiger partial charge in [-0.05, 0) is 23.3 Å². The molecule has 0 aliphatic carbocycles. The van der Waals surface area contributed by atoms with E-state index in [4.69, 9.17) is 0 Å². The quantitative estimate of drug-likeness (QED) is 0.339. The summed E-state index contributed by atoms with van der Waals surface area (Å²) in [5, 5.41) is 0. The number of rotatable bonds is 3. The first kappa shape index (κ1) is 15.4. The molecule has 0 saturated carbocycles. The van der Waals surface area contributed by atoms with Crippen LogP contribution in [-0.4, -0.2) is 0 Å². The summed E-state index contributed by atoms with van der Waals surface area (Å²) in [4.78, 5) is 2.59. The summed E-state index contributed by atoms with van der Waals surface area (Å²) < 4.78 is 1.13. The molecule has 116 valence electrons. The Balaban J connectivity index is 1.94. The summed E-state index contributed by atoms with van der Waals surface area (Å²) in [5.41, 5.74) is 5.05. The van der Waals surface area contributed by atoms with E-state index in [2.05, 4.69) is 107 Å². The van der Waals surface area contributed by atoms with Gasteiger partial charge in [0.1, 0.15) is 0 Å². The SMILES string of the molecule is Brc1ccccc1-c1cc(-c2ccccc2)c(-c2ccccc2)s1. The lowest BCUT2D eigenvalue weighted by Gasteiger charge is -2.03. The molecule has 0 aliphatic heterocycles. The largest absolute Gasteiger partial charge is 0.135 e. The van der Waals surface area contributed by atoms with Crippen molar-refractivity contribution in [2.75, 3.05) is 0 Å². The van der Waals surface area contributed by atoms with E-state index < -0.39 is 0 Å². The highest BCUT2D eigenvalue weighted by Gasteiger charge is 2.15. The fraction of sp³-hybridized carbons (Fsp3) is 0. The van der Waals surface area contributed by atoms with Crippen molar-refractivity contribution in [3.63, 3.8) is 0 Å². The molecular weight excluding hydrogens is 376 g/mol. The maximum atomic E-state index is 3.69. The molecule has 0 N–H and O–H groups in total. The van der Waals surface area contributed by atoms with Crippen molar-refractivity contribution in [2.24, 2.45) is 0 Å². The van der Waals surface area contributed by atoms with Gasteiger partial charge in [-0.3, -0.25) is 0 Å². The summed E-state index contributed by atoms with van der Waals surface area (Å²) in [6.45, 7) is 0. The number of benzene rings is 3. The van der Waals surface area contributed by atoms with E-state index in [1.165, 1.54) is 32.0 Å². The lowest BCUT2D eigenvalue weighted by Crippen LogP contribution is -1.78. The third kappa shape index (κ3) is 2.95. The summed E-state index contributed by atoms with van der Waals surface area (Å²) in [7, 11) is 0. The van der Waals surface area contributed by atoms with Crippen LogP contribution in [0.1, 0.15) is 0 Å². The minimum absolute atomic E-state index is 1.13. The Morgan fingerprint density at radius 2 is 1.17 bits per heavy atom. The number of hydrogen-bond acceptors (Lipinski definition) is 1. The molecule has 4 rings (SSSR count). The van der Waals surface area contributed by atoms with Gasteiger partial charge in [-0.1, -0.05) is 94.8 Å². The average molecular weight is 391 g/mol. The van der Waals surface area contributed by atoms with Gasteiger partial charge in [0, 0.05) is 25.4 Å². The average Bonchev–Trinajstić information content (AvgIpc) is 3.09. The fourth-order valence-electron chi connectivity index (χ4n) is 2.82. The zero-order valence-electron chi connectivity index (χ0n) is 12.9. The van der Waals surface area contributed by atoms with Crippen molar-refractivity contribution < 1.29 is 0 Å². The van der Waals surface area contributed by atoms with Crippen LogP contribution < -0.4 is 0 Å². The molecule has 3 aromatic carbocycles. The lowest BCUT2D eigenvalue weighted by atomic mass is 10.0. The van der Waals surface area contributed by atoms with Crippen molar-refractivity contribution in [3.8, 4) is 32.0 Å². The van der Waals surface area contributed by atoms with Gasteiger partial charge in [-0.25, -0.2) is 0 Å². The molecule has 0 atom stereocenters. The maximum absolute atomic E-state index is 3.69. The molecule has 0 saturated heterocycles. The van der Waals surface area contributed by atoms with Gasteiger partial charge < -0.3 is 0 Å². The van der Waals surface area contributed by atoms with Gasteiger partial charge in [-0.15, -0.1) is 11.3 Å². The Bertz CT molecular complexity index is 899. The van der Waals surface area contributed by atoms with Gasteiger partial charge in [0.2, 0.25) is 0 Å². The van der Waals surface area contributed by atoms with E-state index >= 15 is 0 Å². The van der Waals surface area contributed by atoms with Crippen molar-refractivity contribution in [1.29, 1.82) is 0 Å². The number of hydrogen-bond donors (Lipinski definition) is 0. The first-order valence-corrected chi connectivity index (χ1v) is 9.43. The van der Waals surface area contributed by atoms with Gasteiger partial charge in [0.05, 0.1) is 0 Å². The van der Waals surface area contributed by atoms with Gasteiger partial charge in [0.25, 0.3) is 0 Å². The lowest BCUT2D eigenvalue weighted by molar-refractivity contribution is 1.63. The Labute approximate surface area is 154 Å². The normalized spacial score (nSPS) is 10.7. The van der Waals surface area contributed by atoms with Crippen molar-refractivity contribution in [1.82, 2.24) is 0 Å². The number of thiophene rings is 1. The molecule has 0 spiro atoms. The summed E-state index contributed by atoms with van der Waals surface area (Å²) in [6, 6.07) is 32.0. The van der Waals surface area contributed by atoms with E-state index in [9.17, 15) is 0 Å². The highest BCUT2D eigenvalue weighted by molar-refractivity contribution is 9.10. The first-order valence-electron chi connectivity index (χ1n) is 7.82. The Kier molecular flexibility index (Phi) is 4.33. The van der Waals surface area contributed by atoms with E-state index in [-0.39, 0.29) is 0 Å². The minimum Gasteiger partial charge on any atom is -0.135 e. The van der Waals surface area contributed by atoms with Gasteiger partial charge >= 0.3 is 0 Å². The smallest absolute Gasteiger partial charge is 0.0427 e. The second-order valence-electron chi connectivity index (χ2n) is 5.57. The zero-order valence-corrected chi connectivity index (χ0v) is 15.3. The van der Waals surface area contributed by atoms with Crippen LogP contribution in [0.3, 0.4) is 0 Å². The van der Waals surface area contributed by atoms with E-state index in [0.29, 0.717) is 0 Å². The molecule has 1 heterocycles. The van der Waals surface area contributed by atoms with Crippen LogP contribution in [0.25, 0.3) is 32.0 Å². The Morgan fingerprint density at radius 3 is 1.83 bits per heavy atom. The fourth-order valence-corrected chi connectivity index (χ4v) is 4.68. The monoisotopic (exact) mass is 390 g/mol. The predicted molar refractivity (Wildman–Crippen MR) is 108 cm³/mol. The van der Waals surface area contributed by atoms with Crippen LogP contribution in [-0.2, 0) is 0 Å². The topological polar surface area (TPSA) is 0 Å². The van der Waals surface area contributed by atoms with E-state index in [1.54, 1.807) is 0 Å². The molecule has 0 nitrogen and oxygen atoms in total. The van der Waals surface area contributed by atoms with Crippen LogP contribution in [0.4, 0.5) is 0 Å². The molecular formula is C22H15BrS. The molecule has 1 aromatic heterocycles. The molecule has 4 aromatic rings. The van der Waals surface area contributed by atoms with Gasteiger partial charge in [-0.2, -0.15) is 0 Å². The van der Waals surface area contributed by atoms with Crippen LogP contribution in [0, 0.1) is 0 Å². The van der Waals surface area contributed by atoms with E-state index in [1.807, 2.05) is 11.3 Å². The summed E-state index contributed by atoms with van der Waals surface area (Å²) >= 11 is 5.53. The molecule has 0 radical (unpaired) electrons. The molecule has 0 bridgehead atoms. The van der Waals surface area contributed by atoms with Crippen LogP contribution in [0.5, 0.6) is 0 Å². The first-order chi connectivity index (χ1) is 11.8. The zero-order chi connectivity index (χ0) is 16.4. The summed E-state index contributed by atoms with van der Waals surface area (Å²) in [5.74, 6) is 0. The predicted octanol–water partition coefficient (Wildman–Crippen LogP) is 7.51. The molecule has 0 unspecified atom stereocenters. The maximum Gasteiger partial charge on any atom is 0.0427 e. The molecule has 0 amide bonds. The molecule has 0 fully saturated rings. The third-order valence-electron chi connectivity index (χ3n) is 3.99. The summed E-state index contributed by atoms with van der Waals surface area (Å²) in [6.07, 6.45) is 0. The van der Waals surface area contributed by atoms with E-state index in [0.717, 1.165) is 4.47 Å². The molecule has 24 heavy (non-hydrogen) atoms. The van der Waals surface area contributed by atoms with Crippen LogP contribution in [0.15, 0.2) is 95.5 Å². The Hall–Kier alpha value is -2.16. The van der Waals surface area contributed by atoms with Gasteiger partial charge in [0.15, 0.2) is 0 Å². The van der Waals surface area contributed by atoms with Crippen LogP contribution in [0.2, 0.25) is 0 Å². The third-order valence-corrected chi connectivity index (χ3v) is 5.90. The highest BCUT2D eigenvalue weighted by atomic mass is 79.9. The second-order valence-corrected chi connectivity index (χ2v) is 7.47. The number of halogens is 1. The van der Waals surface area contributed by atoms with Crippen molar-refractivity contribution >= 4 is 27.3 Å². The standard InChI is InChI=1S/C22H15BrS/c23-20-14-8-7-13-18(20)21-15-19(16-9-3-1-4-10-16)22(24-21)17-11-5-2-6-12-17/h1-15H. The molecule has 0 aliphatic rings. The second kappa shape index (κ2) is 6.76.